The highest BCUT2D eigenvalue weighted by Crippen LogP contribution is 2.12. The van der Waals surface area contributed by atoms with Crippen LogP contribution in [-0.2, 0) is 0 Å². The van der Waals surface area contributed by atoms with Crippen molar-refractivity contribution < 1.29 is 0 Å². The molecule has 0 amide bonds. The smallest absolute Gasteiger partial charge is 0.235 e. The van der Waals surface area contributed by atoms with Crippen LogP contribution in [0.4, 0.5) is 0 Å². The number of likely N-dealkylation sites (N-methyl/N-ethyl adjacent to an activating group) is 1. The molecule has 0 spiro atoms. The summed E-state index contributed by atoms with van der Waals surface area (Å²) in [5.41, 5.74) is 5.65. The summed E-state index contributed by atoms with van der Waals surface area (Å²) in [7, 11) is 0. The summed E-state index contributed by atoms with van der Waals surface area (Å²) < 4.78 is 0. The lowest BCUT2D eigenvalue weighted by atomic mass is 10.1. The molecule has 1 atom stereocenters. The normalized spacial score (nSPS) is 24.9. The van der Waals surface area contributed by atoms with Crippen LogP contribution in [0.2, 0.25) is 0 Å². The average molecular weight is 211 g/mol. The first-order valence-electron chi connectivity index (χ1n) is 5.69. The van der Waals surface area contributed by atoms with E-state index in [0.717, 1.165) is 19.5 Å². The highest BCUT2D eigenvalue weighted by Gasteiger charge is 2.17. The third-order valence-corrected chi connectivity index (χ3v) is 2.56. The molecule has 15 heavy (non-hydrogen) atoms. The zero-order chi connectivity index (χ0) is 11.1. The highest BCUT2D eigenvalue weighted by atomic mass is 15.2. The predicted molar refractivity (Wildman–Crippen MR) is 62.2 cm³/mol. The zero-order valence-corrected chi connectivity index (χ0v) is 9.69. The number of hydrogen-bond acceptors (Lipinski definition) is 3. The van der Waals surface area contributed by atoms with E-state index in [9.17, 15) is 0 Å². The van der Waals surface area contributed by atoms with Gasteiger partial charge in [-0.25, -0.2) is 4.99 Å². The van der Waals surface area contributed by atoms with Crippen molar-refractivity contribution in [2.45, 2.75) is 32.7 Å². The summed E-state index contributed by atoms with van der Waals surface area (Å²) in [5.74, 6) is 0.319. The van der Waals surface area contributed by atoms with Crippen molar-refractivity contribution in [2.24, 2.45) is 21.0 Å². The third kappa shape index (κ3) is 4.38. The van der Waals surface area contributed by atoms with Crippen molar-refractivity contribution in [2.75, 3.05) is 26.2 Å². The predicted octanol–water partition coefficient (Wildman–Crippen LogP) is 1.26. The van der Waals surface area contributed by atoms with Gasteiger partial charge in [-0.05, 0) is 32.9 Å². The summed E-state index contributed by atoms with van der Waals surface area (Å²) in [6, 6.07) is 0.300. The third-order valence-electron chi connectivity index (χ3n) is 2.56. The monoisotopic (exact) mass is 211 g/mol. The number of azo groups is 1. The number of aliphatic imine (C=N–C) groups is 1. The van der Waals surface area contributed by atoms with Crippen LogP contribution in [0, 0.1) is 0 Å². The van der Waals surface area contributed by atoms with Crippen molar-refractivity contribution in [1.82, 2.24) is 4.90 Å². The van der Waals surface area contributed by atoms with Crippen LogP contribution < -0.4 is 5.73 Å². The summed E-state index contributed by atoms with van der Waals surface area (Å²) >= 11 is 0. The first kappa shape index (κ1) is 12.1. The van der Waals surface area contributed by atoms with E-state index in [1.165, 1.54) is 13.0 Å². The fourth-order valence-corrected chi connectivity index (χ4v) is 1.78. The maximum Gasteiger partial charge on any atom is 0.235 e. The second-order valence-electron chi connectivity index (χ2n) is 3.73. The van der Waals surface area contributed by atoms with Crippen molar-refractivity contribution in [3.05, 3.63) is 0 Å². The lowest BCUT2D eigenvalue weighted by Gasteiger charge is -2.29. The van der Waals surface area contributed by atoms with Gasteiger partial charge >= 0.3 is 0 Å². The Morgan fingerprint density at radius 1 is 1.47 bits per heavy atom. The molecule has 0 saturated carbocycles. The quantitative estimate of drug-likeness (QED) is 0.434. The van der Waals surface area contributed by atoms with Gasteiger partial charge in [0, 0.05) is 6.54 Å². The number of piperidine rings is 1. The van der Waals surface area contributed by atoms with Gasteiger partial charge in [0.25, 0.3) is 0 Å². The first-order valence-corrected chi connectivity index (χ1v) is 5.69. The molecular formula is C10H21N5. The molecule has 0 aliphatic carbocycles. The molecule has 0 aromatic carbocycles. The summed E-state index contributed by atoms with van der Waals surface area (Å²) in [5, 5.41) is 7.65. The van der Waals surface area contributed by atoms with Crippen molar-refractivity contribution in [1.29, 1.82) is 0 Å². The maximum atomic E-state index is 5.65. The van der Waals surface area contributed by atoms with Crippen LogP contribution >= 0.6 is 0 Å². The molecule has 1 rings (SSSR count). The molecule has 1 fully saturated rings. The van der Waals surface area contributed by atoms with E-state index < -0.39 is 0 Å². The Morgan fingerprint density at radius 2 is 2.27 bits per heavy atom. The Kier molecular flexibility index (Phi) is 5.25. The molecule has 0 unspecified atom stereocenters. The van der Waals surface area contributed by atoms with Crippen molar-refractivity contribution in [3.8, 4) is 0 Å². The number of nitrogens with two attached hydrogens (primary N) is 1. The van der Waals surface area contributed by atoms with Gasteiger partial charge in [-0.15, -0.1) is 5.11 Å². The molecule has 0 radical (unpaired) electrons. The van der Waals surface area contributed by atoms with E-state index in [1.807, 2.05) is 6.92 Å². The number of likely N-dealkylation sites (tertiary alicyclic amines) is 1. The van der Waals surface area contributed by atoms with Crippen LogP contribution in [0.3, 0.4) is 0 Å². The summed E-state index contributed by atoms with van der Waals surface area (Å²) in [6.45, 7) is 8.02. The minimum absolute atomic E-state index is 0.300. The van der Waals surface area contributed by atoms with Gasteiger partial charge in [0.15, 0.2) is 0 Å². The number of rotatable bonds is 3. The zero-order valence-electron chi connectivity index (χ0n) is 9.69. The minimum atomic E-state index is 0.300. The fraction of sp³-hybridized carbons (Fsp3) is 0.900. The molecule has 86 valence electrons. The molecule has 2 N–H and O–H groups in total. The molecule has 0 aromatic rings. The Hall–Kier alpha value is -0.970. The molecule has 5 nitrogen and oxygen atoms in total. The summed E-state index contributed by atoms with van der Waals surface area (Å²) in [6.07, 6.45) is 2.30. The molecule has 5 heteroatoms. The molecule has 1 heterocycles. The van der Waals surface area contributed by atoms with Crippen LogP contribution in [0.25, 0.3) is 0 Å². The van der Waals surface area contributed by atoms with E-state index >= 15 is 0 Å². The molecule has 0 aromatic heterocycles. The number of nitrogens with zero attached hydrogens (tertiary/aromatic N) is 4. The van der Waals surface area contributed by atoms with Gasteiger partial charge < -0.3 is 10.6 Å². The second-order valence-corrected chi connectivity index (χ2v) is 3.73. The van der Waals surface area contributed by atoms with E-state index in [2.05, 4.69) is 27.0 Å². The topological polar surface area (TPSA) is 66.3 Å². The van der Waals surface area contributed by atoms with E-state index in [1.54, 1.807) is 0 Å². The van der Waals surface area contributed by atoms with Crippen LogP contribution in [-0.4, -0.2) is 43.1 Å². The highest BCUT2D eigenvalue weighted by molar-refractivity contribution is 5.78. The Bertz CT molecular complexity index is 236. The van der Waals surface area contributed by atoms with Crippen LogP contribution in [0.15, 0.2) is 15.2 Å². The number of hydrogen-bond donors (Lipinski definition) is 1. The van der Waals surface area contributed by atoms with Crippen LogP contribution in [0.5, 0.6) is 0 Å². The average Bonchev–Trinajstić information content (AvgIpc) is 2.26. The van der Waals surface area contributed by atoms with Gasteiger partial charge in [-0.3, -0.25) is 0 Å². The lowest BCUT2D eigenvalue weighted by molar-refractivity contribution is 0.220. The van der Waals surface area contributed by atoms with Gasteiger partial charge in [-0.2, -0.15) is 5.11 Å². The van der Waals surface area contributed by atoms with E-state index in [4.69, 9.17) is 5.73 Å². The fourth-order valence-electron chi connectivity index (χ4n) is 1.78. The maximum absolute atomic E-state index is 5.65. The van der Waals surface area contributed by atoms with Gasteiger partial charge in [0.1, 0.15) is 0 Å². The van der Waals surface area contributed by atoms with Crippen molar-refractivity contribution in [3.63, 3.8) is 0 Å². The van der Waals surface area contributed by atoms with Crippen molar-refractivity contribution >= 4 is 5.96 Å². The van der Waals surface area contributed by atoms with Gasteiger partial charge in [0.05, 0.1) is 12.6 Å². The molecule has 1 aliphatic heterocycles. The molecular weight excluding hydrogens is 190 g/mol. The Labute approximate surface area is 91.5 Å². The number of guanidine groups is 1. The lowest BCUT2D eigenvalue weighted by Crippen LogP contribution is -2.38. The second kappa shape index (κ2) is 6.50. The minimum Gasteiger partial charge on any atom is -0.367 e. The van der Waals surface area contributed by atoms with Gasteiger partial charge in [-0.1, -0.05) is 6.92 Å². The summed E-state index contributed by atoms with van der Waals surface area (Å²) in [4.78, 5) is 6.75. The molecule has 1 saturated heterocycles. The molecule has 1 aliphatic rings. The van der Waals surface area contributed by atoms with E-state index in [0.29, 0.717) is 18.5 Å². The Balaban J connectivity index is 2.45. The van der Waals surface area contributed by atoms with Gasteiger partial charge in [0.2, 0.25) is 5.96 Å². The van der Waals surface area contributed by atoms with E-state index in [-0.39, 0.29) is 0 Å². The Morgan fingerprint density at radius 3 is 2.93 bits per heavy atom. The first-order chi connectivity index (χ1) is 7.26. The SMILES string of the molecule is CCN=NC(N)=N[C@@H]1CCCN(CC)C1. The van der Waals surface area contributed by atoms with Crippen LogP contribution in [0.1, 0.15) is 26.7 Å². The largest absolute Gasteiger partial charge is 0.367 e. The molecule has 0 bridgehead atoms. The standard InChI is InChI=1S/C10H21N5/c1-3-12-14-10(11)13-9-6-5-7-15(4-2)8-9/h9H,3-8H2,1-2H3,(H2,11,13)/t9-/m1/s1.